The van der Waals surface area contributed by atoms with E-state index in [1.54, 1.807) is 26.8 Å². The van der Waals surface area contributed by atoms with Crippen molar-refractivity contribution in [1.29, 1.82) is 0 Å². The highest BCUT2D eigenvalue weighted by molar-refractivity contribution is 7.57. The lowest BCUT2D eigenvalue weighted by molar-refractivity contribution is -0.140. The van der Waals surface area contributed by atoms with Gasteiger partial charge in [0.25, 0.3) is 0 Å². The molecule has 1 aromatic rings. The summed E-state index contributed by atoms with van der Waals surface area (Å²) in [6.07, 6.45) is 1.67. The van der Waals surface area contributed by atoms with Gasteiger partial charge in [0, 0.05) is 11.5 Å². The van der Waals surface area contributed by atoms with E-state index in [1.807, 2.05) is 24.3 Å². The standard InChI is InChI=1S/C16H24NO5P/c1-4-20-16(18)13-17-15-10-8-7-9-14(15)11-12-23(19,21-5-2)22-6-3/h7-12,17H,4-6,13H2,1-3H3. The number of ether oxygens (including phenoxy) is 1. The number of hydrogen-bond donors (Lipinski definition) is 1. The molecule has 0 aliphatic heterocycles. The van der Waals surface area contributed by atoms with Crippen LogP contribution in [0.25, 0.3) is 6.08 Å². The van der Waals surface area contributed by atoms with E-state index in [1.165, 1.54) is 5.82 Å². The summed E-state index contributed by atoms with van der Waals surface area (Å²) < 4.78 is 27.7. The highest BCUT2D eigenvalue weighted by Crippen LogP contribution is 2.50. The van der Waals surface area contributed by atoms with E-state index >= 15 is 0 Å². The Kier molecular flexibility index (Phi) is 8.62. The van der Waals surface area contributed by atoms with Crippen molar-refractivity contribution in [3.63, 3.8) is 0 Å². The van der Waals surface area contributed by atoms with Crippen molar-refractivity contribution in [2.45, 2.75) is 20.8 Å². The van der Waals surface area contributed by atoms with Crippen LogP contribution >= 0.6 is 7.60 Å². The van der Waals surface area contributed by atoms with Gasteiger partial charge < -0.3 is 19.1 Å². The second-order valence-corrected chi connectivity index (χ2v) is 6.33. The van der Waals surface area contributed by atoms with Crippen molar-refractivity contribution in [3.05, 3.63) is 35.6 Å². The zero-order valence-corrected chi connectivity index (χ0v) is 14.7. The minimum atomic E-state index is -3.25. The molecular formula is C16H24NO5P. The van der Waals surface area contributed by atoms with Crippen LogP contribution in [-0.4, -0.2) is 32.3 Å². The zero-order chi connectivity index (χ0) is 17.1. The van der Waals surface area contributed by atoms with Crippen molar-refractivity contribution < 1.29 is 23.1 Å². The molecule has 128 valence electrons. The number of esters is 1. The van der Waals surface area contributed by atoms with Gasteiger partial charge in [0.05, 0.1) is 19.8 Å². The maximum Gasteiger partial charge on any atom is 0.354 e. The molecule has 0 atom stereocenters. The number of carbonyl (C=O) groups is 1. The lowest BCUT2D eigenvalue weighted by Gasteiger charge is -2.13. The van der Waals surface area contributed by atoms with Gasteiger partial charge in [0.15, 0.2) is 0 Å². The number of rotatable bonds is 10. The van der Waals surface area contributed by atoms with E-state index in [9.17, 15) is 9.36 Å². The molecule has 0 aliphatic carbocycles. The average Bonchev–Trinajstić information content (AvgIpc) is 2.52. The average molecular weight is 341 g/mol. The summed E-state index contributed by atoms with van der Waals surface area (Å²) in [4.78, 5) is 11.4. The summed E-state index contributed by atoms with van der Waals surface area (Å²) in [7, 11) is -3.25. The number of anilines is 1. The van der Waals surface area contributed by atoms with Gasteiger partial charge in [-0.2, -0.15) is 0 Å². The van der Waals surface area contributed by atoms with Crippen LogP contribution in [0.4, 0.5) is 5.69 Å². The van der Waals surface area contributed by atoms with E-state index in [0.717, 1.165) is 11.3 Å². The van der Waals surface area contributed by atoms with Crippen LogP contribution in [0.2, 0.25) is 0 Å². The Balaban J connectivity index is 2.85. The van der Waals surface area contributed by atoms with Crippen LogP contribution in [0.15, 0.2) is 30.1 Å². The molecule has 7 heteroatoms. The SMILES string of the molecule is CCOC(=O)CNc1ccccc1C=CP(=O)(OCC)OCC. The van der Waals surface area contributed by atoms with Gasteiger partial charge in [-0.3, -0.25) is 9.36 Å². The van der Waals surface area contributed by atoms with E-state index in [0.29, 0.717) is 19.8 Å². The lowest BCUT2D eigenvalue weighted by atomic mass is 10.2. The topological polar surface area (TPSA) is 73.9 Å². The maximum absolute atomic E-state index is 12.4. The highest BCUT2D eigenvalue weighted by Gasteiger charge is 2.19. The quantitative estimate of drug-likeness (QED) is 0.514. The monoisotopic (exact) mass is 341 g/mol. The van der Waals surface area contributed by atoms with Gasteiger partial charge in [-0.25, -0.2) is 0 Å². The Bertz CT molecular complexity index is 563. The zero-order valence-electron chi connectivity index (χ0n) is 13.8. The summed E-state index contributed by atoms with van der Waals surface area (Å²) in [6.45, 7) is 6.27. The molecule has 0 unspecified atom stereocenters. The third-order valence-electron chi connectivity index (χ3n) is 2.74. The van der Waals surface area contributed by atoms with Crippen LogP contribution < -0.4 is 5.32 Å². The van der Waals surface area contributed by atoms with Crippen LogP contribution in [0.3, 0.4) is 0 Å². The van der Waals surface area contributed by atoms with Gasteiger partial charge in [-0.1, -0.05) is 18.2 Å². The molecule has 1 rings (SSSR count). The first-order chi connectivity index (χ1) is 11.0. The van der Waals surface area contributed by atoms with E-state index in [4.69, 9.17) is 13.8 Å². The second-order valence-electron chi connectivity index (χ2n) is 4.44. The molecule has 0 saturated heterocycles. The van der Waals surface area contributed by atoms with Crippen LogP contribution in [0.5, 0.6) is 0 Å². The Morgan fingerprint density at radius 3 is 2.39 bits per heavy atom. The number of nitrogens with one attached hydrogen (secondary N) is 1. The van der Waals surface area contributed by atoms with Gasteiger partial charge in [0.1, 0.15) is 6.54 Å². The van der Waals surface area contributed by atoms with Crippen LogP contribution in [0, 0.1) is 0 Å². The Labute approximate surface area is 137 Å². The van der Waals surface area contributed by atoms with Crippen molar-refractivity contribution in [2.24, 2.45) is 0 Å². The molecule has 1 aromatic carbocycles. The van der Waals surface area contributed by atoms with Gasteiger partial charge in [-0.15, -0.1) is 0 Å². The lowest BCUT2D eigenvalue weighted by Crippen LogP contribution is -2.17. The minimum Gasteiger partial charge on any atom is -0.465 e. The third-order valence-corrected chi connectivity index (χ3v) is 4.49. The molecule has 6 nitrogen and oxygen atoms in total. The summed E-state index contributed by atoms with van der Waals surface area (Å²) in [5.74, 6) is 1.10. The molecule has 23 heavy (non-hydrogen) atoms. The molecule has 0 fully saturated rings. The predicted octanol–water partition coefficient (Wildman–Crippen LogP) is 3.90. The van der Waals surface area contributed by atoms with Crippen molar-refractivity contribution in [1.82, 2.24) is 0 Å². The van der Waals surface area contributed by atoms with E-state index < -0.39 is 7.60 Å². The molecule has 0 radical (unpaired) electrons. The molecule has 0 amide bonds. The molecule has 0 saturated carbocycles. The summed E-state index contributed by atoms with van der Waals surface area (Å²) in [6, 6.07) is 7.36. The summed E-state index contributed by atoms with van der Waals surface area (Å²) in [5.41, 5.74) is 1.51. The van der Waals surface area contributed by atoms with E-state index in [2.05, 4.69) is 5.32 Å². The summed E-state index contributed by atoms with van der Waals surface area (Å²) >= 11 is 0. The highest BCUT2D eigenvalue weighted by atomic mass is 31.2. The molecule has 1 N–H and O–H groups in total. The first-order valence-electron chi connectivity index (χ1n) is 7.61. The third kappa shape index (κ3) is 6.99. The Morgan fingerprint density at radius 2 is 1.78 bits per heavy atom. The van der Waals surface area contributed by atoms with Gasteiger partial charge >= 0.3 is 13.6 Å². The molecular weight excluding hydrogens is 317 g/mol. The number of carbonyl (C=O) groups excluding carboxylic acids is 1. The largest absolute Gasteiger partial charge is 0.465 e. The smallest absolute Gasteiger partial charge is 0.354 e. The predicted molar refractivity (Wildman–Crippen MR) is 91.5 cm³/mol. The van der Waals surface area contributed by atoms with Crippen molar-refractivity contribution >= 4 is 25.3 Å². The van der Waals surface area contributed by atoms with Crippen LogP contribution in [-0.2, 0) is 23.1 Å². The van der Waals surface area contributed by atoms with Crippen molar-refractivity contribution in [3.8, 4) is 0 Å². The number of hydrogen-bond acceptors (Lipinski definition) is 6. The number of benzene rings is 1. The minimum absolute atomic E-state index is 0.0628. The normalized spacial score (nSPS) is 11.6. The van der Waals surface area contributed by atoms with Crippen LogP contribution in [0.1, 0.15) is 26.3 Å². The molecule has 0 bridgehead atoms. The summed E-state index contributed by atoms with van der Waals surface area (Å²) in [5, 5.41) is 3.00. The molecule has 0 aromatic heterocycles. The fraction of sp³-hybridized carbons (Fsp3) is 0.438. The molecule has 0 spiro atoms. The fourth-order valence-electron chi connectivity index (χ4n) is 1.84. The first kappa shape index (κ1) is 19.4. The van der Waals surface area contributed by atoms with Gasteiger partial charge in [-0.05, 0) is 38.5 Å². The maximum atomic E-state index is 12.4. The number of para-hydroxylation sites is 1. The van der Waals surface area contributed by atoms with E-state index in [-0.39, 0.29) is 12.5 Å². The second kappa shape index (κ2) is 10.2. The Morgan fingerprint density at radius 1 is 1.13 bits per heavy atom. The fourth-order valence-corrected chi connectivity index (χ4v) is 3.15. The molecule has 0 heterocycles. The first-order valence-corrected chi connectivity index (χ1v) is 9.22. The molecule has 0 aliphatic rings. The van der Waals surface area contributed by atoms with Gasteiger partial charge in [0.2, 0.25) is 0 Å². The Hall–Kier alpha value is -1.62. The van der Waals surface area contributed by atoms with Crippen molar-refractivity contribution in [2.75, 3.05) is 31.7 Å².